The average Bonchev–Trinajstić information content (AvgIpc) is 3.22. The van der Waals surface area contributed by atoms with E-state index < -0.39 is 0 Å². The predicted octanol–water partition coefficient (Wildman–Crippen LogP) is 4.78. The summed E-state index contributed by atoms with van der Waals surface area (Å²) in [5.74, 6) is 0. The van der Waals surface area contributed by atoms with Crippen molar-refractivity contribution in [3.8, 4) is 22.3 Å². The van der Waals surface area contributed by atoms with E-state index in [-0.39, 0.29) is 0 Å². The molecule has 0 N–H and O–H groups in total. The van der Waals surface area contributed by atoms with Gasteiger partial charge in [-0.2, -0.15) is 10.2 Å². The quantitative estimate of drug-likeness (QED) is 0.428. The van der Waals surface area contributed by atoms with Crippen LogP contribution in [0.5, 0.6) is 0 Å². The molecule has 0 saturated heterocycles. The van der Waals surface area contributed by atoms with E-state index in [4.69, 9.17) is 10.2 Å². The molecule has 6 nitrogen and oxygen atoms in total. The first-order valence-corrected chi connectivity index (χ1v) is 10.1. The van der Waals surface area contributed by atoms with Crippen molar-refractivity contribution >= 4 is 12.6 Å². The molecule has 0 bridgehead atoms. The Morgan fingerprint density at radius 2 is 1.00 bits per heavy atom. The fourth-order valence-electron chi connectivity index (χ4n) is 4.09. The smallest absolute Gasteiger partial charge is 0.150 e. The first-order chi connectivity index (χ1) is 14.9. The third-order valence-electron chi connectivity index (χ3n) is 5.70. The lowest BCUT2D eigenvalue weighted by atomic mass is 10.0. The van der Waals surface area contributed by atoms with E-state index in [2.05, 4.69) is 0 Å². The number of aryl methyl sites for hydroxylation is 2. The Morgan fingerprint density at radius 3 is 1.32 bits per heavy atom. The molecule has 4 rings (SSSR count). The number of hydrogen-bond acceptors (Lipinski definition) is 4. The molecule has 31 heavy (non-hydrogen) atoms. The molecule has 2 aromatic carbocycles. The van der Waals surface area contributed by atoms with Gasteiger partial charge in [0.2, 0.25) is 0 Å². The minimum Gasteiger partial charge on any atom is -0.298 e. The highest BCUT2D eigenvalue weighted by atomic mass is 16.1. The molecule has 0 aliphatic rings. The Labute approximate surface area is 181 Å². The number of rotatable bonds is 6. The fourth-order valence-corrected chi connectivity index (χ4v) is 4.09. The lowest BCUT2D eigenvalue weighted by Crippen LogP contribution is -2.13. The summed E-state index contributed by atoms with van der Waals surface area (Å²) in [4.78, 5) is 21.9. The number of carbonyl (C=O) groups excluding carboxylic acids is 2. The van der Waals surface area contributed by atoms with Crippen molar-refractivity contribution in [1.82, 2.24) is 19.6 Å². The van der Waals surface area contributed by atoms with Gasteiger partial charge in [0.15, 0.2) is 0 Å². The van der Waals surface area contributed by atoms with E-state index in [0.717, 1.165) is 57.6 Å². The topological polar surface area (TPSA) is 69.8 Å². The molecule has 4 aromatic rings. The fraction of sp³-hybridized carbons (Fsp3) is 0.200. The standard InChI is InChI=1S/C25H24N4O2/c1-16-24(22-9-5-20(13-30)6-10-22)18(3)28(26-16)15-29-19(4)25(17(2)27-29)23-11-7-21(14-31)8-12-23/h5-14H,15H2,1-4H3. The summed E-state index contributed by atoms with van der Waals surface area (Å²) in [6.45, 7) is 8.58. The predicted molar refractivity (Wildman–Crippen MR) is 120 cm³/mol. The van der Waals surface area contributed by atoms with Gasteiger partial charge in [0.1, 0.15) is 19.2 Å². The van der Waals surface area contributed by atoms with Crippen LogP contribution in [-0.2, 0) is 6.67 Å². The third kappa shape index (κ3) is 3.72. The van der Waals surface area contributed by atoms with Crippen molar-refractivity contribution in [2.45, 2.75) is 34.4 Å². The molecule has 0 aliphatic heterocycles. The largest absolute Gasteiger partial charge is 0.298 e. The number of hydrogen-bond donors (Lipinski definition) is 0. The van der Waals surface area contributed by atoms with Crippen molar-refractivity contribution in [2.75, 3.05) is 0 Å². The van der Waals surface area contributed by atoms with Crippen LogP contribution in [0, 0.1) is 27.7 Å². The van der Waals surface area contributed by atoms with Crippen LogP contribution >= 0.6 is 0 Å². The second-order valence-corrected chi connectivity index (χ2v) is 7.71. The van der Waals surface area contributed by atoms with E-state index in [1.54, 1.807) is 0 Å². The number of carbonyl (C=O) groups is 2. The third-order valence-corrected chi connectivity index (χ3v) is 5.70. The summed E-state index contributed by atoms with van der Waals surface area (Å²) in [5.41, 5.74) is 9.48. The Hall–Kier alpha value is -3.80. The highest BCUT2D eigenvalue weighted by molar-refractivity contribution is 5.78. The molecule has 0 atom stereocenters. The van der Waals surface area contributed by atoms with Crippen LogP contribution in [0.15, 0.2) is 48.5 Å². The van der Waals surface area contributed by atoms with E-state index in [1.807, 2.05) is 85.6 Å². The zero-order valence-electron chi connectivity index (χ0n) is 18.1. The summed E-state index contributed by atoms with van der Waals surface area (Å²) < 4.78 is 3.91. The van der Waals surface area contributed by atoms with Gasteiger partial charge in [-0.3, -0.25) is 9.59 Å². The maximum absolute atomic E-state index is 10.9. The highest BCUT2D eigenvalue weighted by Gasteiger charge is 2.17. The second kappa shape index (κ2) is 8.14. The van der Waals surface area contributed by atoms with Crippen molar-refractivity contribution < 1.29 is 9.59 Å². The van der Waals surface area contributed by atoms with Crippen molar-refractivity contribution in [1.29, 1.82) is 0 Å². The molecular weight excluding hydrogens is 388 g/mol. The van der Waals surface area contributed by atoms with Crippen LogP contribution in [0.2, 0.25) is 0 Å². The molecule has 0 spiro atoms. The molecule has 0 aliphatic carbocycles. The van der Waals surface area contributed by atoms with Gasteiger partial charge in [0.05, 0.1) is 11.4 Å². The molecule has 0 saturated carbocycles. The molecule has 0 fully saturated rings. The number of aldehydes is 2. The van der Waals surface area contributed by atoms with Crippen LogP contribution in [0.25, 0.3) is 22.3 Å². The van der Waals surface area contributed by atoms with E-state index in [1.165, 1.54) is 0 Å². The molecule has 6 heteroatoms. The SMILES string of the molecule is Cc1nn(Cn2nc(C)c(-c3ccc(C=O)cc3)c2C)c(C)c1-c1ccc(C=O)cc1. The van der Waals surface area contributed by atoms with Gasteiger partial charge < -0.3 is 0 Å². The van der Waals surface area contributed by atoms with Crippen molar-refractivity contribution in [2.24, 2.45) is 0 Å². The molecule has 0 unspecified atom stereocenters. The maximum atomic E-state index is 10.9. The Kier molecular flexibility index (Phi) is 5.38. The second-order valence-electron chi connectivity index (χ2n) is 7.71. The summed E-state index contributed by atoms with van der Waals surface area (Å²) in [5, 5.41) is 9.49. The van der Waals surface area contributed by atoms with E-state index in [0.29, 0.717) is 17.8 Å². The van der Waals surface area contributed by atoms with Crippen LogP contribution in [-0.4, -0.2) is 32.1 Å². The normalized spacial score (nSPS) is 11.0. The van der Waals surface area contributed by atoms with Gasteiger partial charge >= 0.3 is 0 Å². The van der Waals surface area contributed by atoms with E-state index in [9.17, 15) is 9.59 Å². The monoisotopic (exact) mass is 412 g/mol. The number of benzene rings is 2. The first kappa shape index (κ1) is 20.5. The molecular formula is C25H24N4O2. The van der Waals surface area contributed by atoms with Gasteiger partial charge in [-0.15, -0.1) is 0 Å². The van der Waals surface area contributed by atoms with Crippen molar-refractivity contribution in [3.63, 3.8) is 0 Å². The molecule has 156 valence electrons. The molecule has 0 radical (unpaired) electrons. The Balaban J connectivity index is 1.68. The average molecular weight is 412 g/mol. The lowest BCUT2D eigenvalue weighted by molar-refractivity contribution is 0.111. The minimum atomic E-state index is 0.498. The van der Waals surface area contributed by atoms with Gasteiger partial charge in [0, 0.05) is 33.6 Å². The maximum Gasteiger partial charge on any atom is 0.150 e. The Bertz CT molecular complexity index is 1160. The Morgan fingerprint density at radius 1 is 0.645 bits per heavy atom. The van der Waals surface area contributed by atoms with Crippen LogP contribution in [0.4, 0.5) is 0 Å². The number of aromatic nitrogens is 4. The molecule has 2 heterocycles. The number of nitrogens with zero attached hydrogens (tertiary/aromatic N) is 4. The van der Waals surface area contributed by atoms with Crippen LogP contribution in [0.3, 0.4) is 0 Å². The summed E-state index contributed by atoms with van der Waals surface area (Å²) in [6.07, 6.45) is 1.69. The highest BCUT2D eigenvalue weighted by Crippen LogP contribution is 2.29. The van der Waals surface area contributed by atoms with Gasteiger partial charge in [0.25, 0.3) is 0 Å². The summed E-state index contributed by atoms with van der Waals surface area (Å²) in [7, 11) is 0. The van der Waals surface area contributed by atoms with Crippen molar-refractivity contribution in [3.05, 3.63) is 82.4 Å². The first-order valence-electron chi connectivity index (χ1n) is 10.1. The van der Waals surface area contributed by atoms with E-state index >= 15 is 0 Å². The lowest BCUT2D eigenvalue weighted by Gasteiger charge is -2.09. The van der Waals surface area contributed by atoms with Gasteiger partial charge in [-0.1, -0.05) is 48.5 Å². The zero-order chi connectivity index (χ0) is 22.1. The van der Waals surface area contributed by atoms with Gasteiger partial charge in [-0.25, -0.2) is 9.36 Å². The summed E-state index contributed by atoms with van der Waals surface area (Å²) in [6, 6.07) is 15.1. The zero-order valence-corrected chi connectivity index (χ0v) is 18.1. The van der Waals surface area contributed by atoms with Gasteiger partial charge in [-0.05, 0) is 38.8 Å². The van der Waals surface area contributed by atoms with Crippen LogP contribution in [0.1, 0.15) is 43.5 Å². The minimum absolute atomic E-state index is 0.498. The van der Waals surface area contributed by atoms with Crippen LogP contribution < -0.4 is 0 Å². The molecule has 2 aromatic heterocycles. The summed E-state index contributed by atoms with van der Waals surface area (Å²) >= 11 is 0. The molecule has 0 amide bonds.